The maximum absolute atomic E-state index is 14.1. The molecule has 4 unspecified atom stereocenters. The van der Waals surface area contributed by atoms with Gasteiger partial charge in [-0.05, 0) is 60.7 Å². The summed E-state index contributed by atoms with van der Waals surface area (Å²) in [5.74, 6) is 6.41. The van der Waals surface area contributed by atoms with Crippen LogP contribution < -0.4 is 66.4 Å². The molecule has 8 aromatic carbocycles. The number of hydrogen-bond donors (Lipinski definition) is 0. The van der Waals surface area contributed by atoms with Crippen LogP contribution in [0.1, 0.15) is 33.4 Å². The van der Waals surface area contributed by atoms with Crippen molar-refractivity contribution in [1.82, 2.24) is 30.3 Å². The molecule has 30 heteroatoms. The van der Waals surface area contributed by atoms with Crippen LogP contribution in [-0.2, 0) is 74.8 Å². The average molecular weight is 1540 g/mol. The van der Waals surface area contributed by atoms with Crippen LogP contribution in [0.2, 0.25) is 0 Å². The molecule has 25 nitrogen and oxygen atoms in total. The van der Waals surface area contributed by atoms with Crippen molar-refractivity contribution in [2.24, 2.45) is 7.05 Å². The maximum atomic E-state index is 14.1. The Morgan fingerprint density at radius 2 is 0.826 bits per heavy atom. The third kappa shape index (κ3) is 9.02. The highest BCUT2D eigenvalue weighted by molar-refractivity contribution is 7.91. The van der Waals surface area contributed by atoms with Gasteiger partial charge in [-0.1, -0.05) is 109 Å². The monoisotopic (exact) mass is 1540 g/mol. The second-order valence-corrected chi connectivity index (χ2v) is 40.4. The fourth-order valence-electron chi connectivity index (χ4n) is 17.6. The standard InChI is InChI=1S/C17H15N3OP.C16H12N2O2P.C12H13N3OP.C12H10N3O.C11H10N3O2S.C11H10N2O2P/c1-18-15-9-5-6-13-12-19-10-11-20(17(19)16(13)15)22(18,21)14-7-3-2-4-8-14;19-21(13-6-2-1-3-7-13)18-10-9-17-11-12-5-4-8-14(20-21)15(12)16(17)18;1-13-10-5-3-4-9-8-14-6-7-15(17(13,2)16)12(14)11(9)10;1-13-9-4-2-3-8-7-14-5-6-15(12(13)16)11(14)10(8)9;1-12-9-4-2-3-8-7-13-5-6-14(17(12,15)16)11(13)10(8)9;1-16(14)13-6-5-12-7-8-3-2-4-9(15-16)10(8)11(12)13/h2-11H,12H2,1H3;1-10H,11H2;3-7H,8H2,1-2H3;2-6H,7H2,1H3;2-6H,7H2,1H3;2-6H,7H2,1H3/q6*+1. The smallest absolute Gasteiger partial charge is 0.412 e. The molecule has 11 aliphatic heterocycles. The SMILES string of the molecule is CN1c2cccc3c2-c2n(cc[n+]2C3)P1(=O)c1ccccc1.CN1c2cccc3c2-c2n(cc[n+]2C3)P1(C)=O.CN1c2cccc3c2-c2n(cc[n+]2C3)S1(=O)=O.CP1(=O)Oc2cccc3c2-c2n1cc[n+]2C3.Cn1c(=O)n2cc[n+]3c2c2c(cccc21)C3.O=P1(c2ccccc2)Oc2cccc3c2-c2n1cc[n+]2C3. The number of benzene rings is 8. The van der Waals surface area contributed by atoms with Crippen LogP contribution in [0.4, 0.5) is 17.1 Å². The van der Waals surface area contributed by atoms with Crippen LogP contribution in [0.3, 0.4) is 0 Å². The van der Waals surface area contributed by atoms with Gasteiger partial charge in [0.15, 0.2) is 0 Å². The Balaban J connectivity index is 0.0000000836. The van der Waals surface area contributed by atoms with E-state index in [2.05, 4.69) is 71.4 Å². The first-order valence-corrected chi connectivity index (χ1v) is 44.3. The van der Waals surface area contributed by atoms with Crippen LogP contribution in [0.15, 0.2) is 249 Å². The summed E-state index contributed by atoms with van der Waals surface area (Å²) in [6.45, 7) is 8.48. The number of nitrogens with zero attached hydrogens (tertiary/aromatic N) is 16. The van der Waals surface area contributed by atoms with Crippen LogP contribution in [0, 0.1) is 0 Å². The van der Waals surface area contributed by atoms with Gasteiger partial charge >= 0.3 is 63.1 Å². The van der Waals surface area contributed by atoms with Gasteiger partial charge in [-0.25, -0.2) is 54.8 Å². The molecule has 0 fully saturated rings. The van der Waals surface area contributed by atoms with Crippen LogP contribution in [0.5, 0.6) is 11.5 Å². The third-order valence-corrected chi connectivity index (χ3v) is 33.8. The minimum absolute atomic E-state index is 0.0142. The number of anilines is 3. The number of rotatable bonds is 2. The fraction of sp³-hybridized carbons (Fsp3) is 0.152. The quantitative estimate of drug-likeness (QED) is 0.118. The number of imidazole rings is 6. The predicted octanol–water partition coefficient (Wildman–Crippen LogP) is 9.76. The first-order chi connectivity index (χ1) is 52.6. The van der Waals surface area contributed by atoms with E-state index in [1.165, 1.54) is 58.2 Å². The highest BCUT2D eigenvalue weighted by Gasteiger charge is 2.53. The lowest BCUT2D eigenvalue weighted by molar-refractivity contribution is -0.671. The van der Waals surface area contributed by atoms with Crippen LogP contribution in [0.25, 0.3) is 73.5 Å². The van der Waals surface area contributed by atoms with Crippen molar-refractivity contribution in [2.45, 2.75) is 39.3 Å². The normalized spacial score (nSPS) is 20.4. The Morgan fingerprint density at radius 3 is 1.43 bits per heavy atom. The lowest BCUT2D eigenvalue weighted by atomic mass is 10.1. The van der Waals surface area contributed by atoms with E-state index in [0.717, 1.165) is 130 Å². The largest absolute Gasteiger partial charge is 0.462 e. The highest BCUT2D eigenvalue weighted by atomic mass is 32.2. The van der Waals surface area contributed by atoms with Gasteiger partial charge in [0.25, 0.3) is 17.5 Å². The highest BCUT2D eigenvalue weighted by Crippen LogP contribution is 2.62. The molecule has 0 bridgehead atoms. The number of aromatic nitrogens is 13. The summed E-state index contributed by atoms with van der Waals surface area (Å²) in [6.07, 6.45) is 22.8. The molecular formula is C79H70N16O9P4S+6. The molecule has 0 amide bonds. The maximum Gasteiger partial charge on any atom is 0.462 e. The molecule has 18 heterocycles. The first kappa shape index (κ1) is 65.6. The van der Waals surface area contributed by atoms with Gasteiger partial charge in [0, 0.05) is 68.2 Å². The lowest BCUT2D eigenvalue weighted by Crippen LogP contribution is -2.38. The van der Waals surface area contributed by atoms with E-state index < -0.39 is 40.1 Å². The van der Waals surface area contributed by atoms with Gasteiger partial charge in [0.2, 0.25) is 0 Å². The van der Waals surface area contributed by atoms with Crippen molar-refractivity contribution in [3.05, 3.63) is 288 Å². The van der Waals surface area contributed by atoms with E-state index in [4.69, 9.17) is 9.05 Å². The topological polar surface area (TPSA) is 205 Å². The molecule has 15 aromatic rings. The summed E-state index contributed by atoms with van der Waals surface area (Å²) >= 11 is 0. The van der Waals surface area contributed by atoms with Crippen molar-refractivity contribution in [3.63, 3.8) is 0 Å². The Labute approximate surface area is 625 Å². The lowest BCUT2D eigenvalue weighted by Gasteiger charge is -2.32. The van der Waals surface area contributed by atoms with E-state index in [1.807, 2.05) is 240 Å². The number of aryl methyl sites for hydroxylation is 1. The summed E-state index contributed by atoms with van der Waals surface area (Å²) in [7, 11) is -7.49. The molecule has 0 radical (unpaired) electrons. The van der Waals surface area contributed by atoms with E-state index >= 15 is 0 Å². The molecular weight excluding hydrogens is 1470 g/mol. The van der Waals surface area contributed by atoms with Crippen molar-refractivity contribution in [1.29, 1.82) is 0 Å². The zero-order valence-corrected chi connectivity index (χ0v) is 64.3. The zero-order chi connectivity index (χ0) is 74.3. The molecule has 109 heavy (non-hydrogen) atoms. The Morgan fingerprint density at radius 1 is 0.394 bits per heavy atom. The molecule has 540 valence electrons. The number of hydrogen-bond acceptors (Lipinski definition) is 9. The van der Waals surface area contributed by atoms with Gasteiger partial charge in [-0.15, -0.1) is 12.7 Å². The van der Waals surface area contributed by atoms with Gasteiger partial charge in [0.1, 0.15) is 136 Å². The van der Waals surface area contributed by atoms with E-state index in [9.17, 15) is 31.5 Å². The molecule has 0 spiro atoms. The summed E-state index contributed by atoms with van der Waals surface area (Å²) in [5, 5.41) is 2.78. The average Bonchev–Trinajstić information content (AvgIpc) is 1.59. The van der Waals surface area contributed by atoms with Crippen molar-refractivity contribution >= 4 is 84.4 Å². The second kappa shape index (κ2) is 23.0. The van der Waals surface area contributed by atoms with Crippen molar-refractivity contribution in [3.8, 4) is 68.4 Å². The van der Waals surface area contributed by atoms with E-state index in [-0.39, 0.29) is 5.69 Å². The second-order valence-electron chi connectivity index (χ2n) is 28.8. The van der Waals surface area contributed by atoms with Gasteiger partial charge in [0.05, 0.1) is 61.9 Å². The summed E-state index contributed by atoms with van der Waals surface area (Å²) in [4.78, 5) is 12.1. The minimum Gasteiger partial charge on any atom is -0.412 e. The van der Waals surface area contributed by atoms with E-state index in [0.29, 0.717) is 5.30 Å². The fourth-order valence-corrected chi connectivity index (χ4v) is 26.8. The van der Waals surface area contributed by atoms with Crippen molar-refractivity contribution in [2.75, 3.05) is 48.1 Å². The molecule has 7 aromatic heterocycles. The van der Waals surface area contributed by atoms with Crippen LogP contribution >= 0.6 is 29.9 Å². The zero-order valence-electron chi connectivity index (χ0n) is 59.9. The molecule has 4 atom stereocenters. The Bertz CT molecular complexity index is 6970. The molecule has 0 aliphatic carbocycles. The van der Waals surface area contributed by atoms with E-state index in [1.54, 1.807) is 37.6 Å². The molecule has 11 aliphatic rings. The molecule has 0 saturated carbocycles. The minimum atomic E-state index is -3.45. The summed E-state index contributed by atoms with van der Waals surface area (Å²) in [6, 6.07) is 55.6. The molecule has 0 N–H and O–H groups in total. The predicted molar refractivity (Wildman–Crippen MR) is 412 cm³/mol. The Hall–Kier alpha value is -11.6. The summed E-state index contributed by atoms with van der Waals surface area (Å²) < 4.78 is 119. The van der Waals surface area contributed by atoms with Gasteiger partial charge in [-0.3, -0.25) is 13.9 Å². The van der Waals surface area contributed by atoms with Crippen molar-refractivity contribution < 1.29 is 63.1 Å². The first-order valence-electron chi connectivity index (χ1n) is 35.7. The third-order valence-electron chi connectivity index (χ3n) is 22.9. The van der Waals surface area contributed by atoms with Gasteiger partial charge < -0.3 is 9.05 Å². The summed E-state index contributed by atoms with van der Waals surface area (Å²) in [5.41, 5.74) is 18.2. The molecule has 0 saturated heterocycles. The Kier molecular flexibility index (Phi) is 13.8. The van der Waals surface area contributed by atoms with Crippen LogP contribution in [-0.4, -0.2) is 73.2 Å². The molecule has 26 rings (SSSR count). The van der Waals surface area contributed by atoms with Gasteiger partial charge in [-0.2, -0.15) is 21.4 Å².